The molecule has 6 nitrogen and oxygen atoms in total. The lowest BCUT2D eigenvalue weighted by atomic mass is 10.0. The first-order chi connectivity index (χ1) is 14.1. The SMILES string of the molecule is CCOC(=O)c1cnc2c(c1)c1c3c(ccc1n2CCN(CC)CC)C(=O)CC3. The van der Waals surface area contributed by atoms with E-state index in [1.807, 2.05) is 18.2 Å². The lowest BCUT2D eigenvalue weighted by Crippen LogP contribution is -2.27. The molecule has 0 amide bonds. The quantitative estimate of drug-likeness (QED) is 0.571. The van der Waals surface area contributed by atoms with Crippen LogP contribution in [-0.2, 0) is 17.7 Å². The van der Waals surface area contributed by atoms with Crippen LogP contribution in [0.25, 0.3) is 21.9 Å². The van der Waals surface area contributed by atoms with Crippen LogP contribution in [0.5, 0.6) is 0 Å². The number of likely N-dealkylation sites (N-methyl/N-ethyl adjacent to an activating group) is 1. The van der Waals surface area contributed by atoms with Gasteiger partial charge in [0, 0.05) is 42.0 Å². The highest BCUT2D eigenvalue weighted by atomic mass is 16.5. The van der Waals surface area contributed by atoms with E-state index < -0.39 is 0 Å². The standard InChI is InChI=1S/C23H27N3O3/c1-4-25(5-2)11-12-26-19-9-7-16-17(8-10-20(16)27)21(19)18-13-15(14-24-22(18)26)23(28)29-6-3/h7,9,13-14H,4-6,8,10-12H2,1-3H3. The largest absolute Gasteiger partial charge is 0.462 e. The second-order valence-electron chi connectivity index (χ2n) is 7.40. The number of aromatic nitrogens is 2. The lowest BCUT2D eigenvalue weighted by Gasteiger charge is -2.19. The number of hydrogen-bond acceptors (Lipinski definition) is 5. The highest BCUT2D eigenvalue weighted by Crippen LogP contribution is 2.36. The normalized spacial score (nSPS) is 13.6. The number of ketones is 1. The summed E-state index contributed by atoms with van der Waals surface area (Å²) in [5.74, 6) is -0.171. The molecule has 3 aromatic rings. The van der Waals surface area contributed by atoms with Gasteiger partial charge in [0.15, 0.2) is 5.78 Å². The number of carbonyl (C=O) groups excluding carboxylic acids is 2. The Morgan fingerprint density at radius 3 is 2.72 bits per heavy atom. The molecule has 0 unspecified atom stereocenters. The summed E-state index contributed by atoms with van der Waals surface area (Å²) in [5.41, 5.74) is 4.27. The maximum absolute atomic E-state index is 12.3. The van der Waals surface area contributed by atoms with Crippen LogP contribution in [0.3, 0.4) is 0 Å². The Bertz CT molecular complexity index is 1100. The summed E-state index contributed by atoms with van der Waals surface area (Å²) < 4.78 is 7.39. The average Bonchev–Trinajstić information content (AvgIpc) is 3.26. The average molecular weight is 393 g/mol. The first-order valence-electron chi connectivity index (χ1n) is 10.5. The number of Topliss-reactive ketones (excluding diaryl/α,β-unsaturated/α-hetero) is 1. The molecule has 0 radical (unpaired) electrons. The first kappa shape index (κ1) is 19.6. The van der Waals surface area contributed by atoms with Gasteiger partial charge in [0.2, 0.25) is 0 Å². The number of fused-ring (bicyclic) bond motifs is 5. The fraction of sp³-hybridized carbons (Fsp3) is 0.435. The Balaban J connectivity index is 1.92. The van der Waals surface area contributed by atoms with Gasteiger partial charge in [-0.2, -0.15) is 0 Å². The number of aryl methyl sites for hydroxylation is 1. The Labute approximate surface area is 170 Å². The van der Waals surface area contributed by atoms with Crippen LogP contribution in [0.1, 0.15) is 53.5 Å². The molecule has 0 spiro atoms. The van der Waals surface area contributed by atoms with Crippen molar-refractivity contribution in [1.29, 1.82) is 0 Å². The van der Waals surface area contributed by atoms with Gasteiger partial charge in [0.05, 0.1) is 17.7 Å². The molecule has 0 fully saturated rings. The Morgan fingerprint density at radius 1 is 1.21 bits per heavy atom. The van der Waals surface area contributed by atoms with Gasteiger partial charge in [-0.1, -0.05) is 13.8 Å². The third-order valence-corrected chi connectivity index (χ3v) is 5.92. The topological polar surface area (TPSA) is 64.4 Å². The van der Waals surface area contributed by atoms with Crippen LogP contribution >= 0.6 is 0 Å². The van der Waals surface area contributed by atoms with E-state index in [4.69, 9.17) is 4.74 Å². The van der Waals surface area contributed by atoms with Crippen molar-refractivity contribution in [2.24, 2.45) is 0 Å². The highest BCUT2D eigenvalue weighted by molar-refractivity contribution is 6.15. The van der Waals surface area contributed by atoms with Gasteiger partial charge in [-0.25, -0.2) is 9.78 Å². The highest BCUT2D eigenvalue weighted by Gasteiger charge is 2.26. The van der Waals surface area contributed by atoms with Crippen LogP contribution in [0.2, 0.25) is 0 Å². The third-order valence-electron chi connectivity index (χ3n) is 5.92. The summed E-state index contributed by atoms with van der Waals surface area (Å²) in [6, 6.07) is 5.86. The molecule has 6 heteroatoms. The molecule has 1 aromatic carbocycles. The monoisotopic (exact) mass is 393 g/mol. The van der Waals surface area contributed by atoms with E-state index in [1.54, 1.807) is 13.1 Å². The van der Waals surface area contributed by atoms with Crippen molar-refractivity contribution in [1.82, 2.24) is 14.5 Å². The van der Waals surface area contributed by atoms with Crippen molar-refractivity contribution < 1.29 is 14.3 Å². The molecule has 29 heavy (non-hydrogen) atoms. The summed E-state index contributed by atoms with van der Waals surface area (Å²) in [5, 5.41) is 1.98. The summed E-state index contributed by atoms with van der Waals surface area (Å²) in [7, 11) is 0. The van der Waals surface area contributed by atoms with E-state index in [-0.39, 0.29) is 11.8 Å². The fourth-order valence-electron chi connectivity index (χ4n) is 4.36. The molecule has 0 N–H and O–H groups in total. The number of rotatable bonds is 7. The van der Waals surface area contributed by atoms with Crippen LogP contribution in [0, 0.1) is 0 Å². The summed E-state index contributed by atoms with van der Waals surface area (Å²) in [6.45, 7) is 10.2. The van der Waals surface area contributed by atoms with Crippen molar-refractivity contribution in [2.45, 2.75) is 40.2 Å². The predicted molar refractivity (Wildman–Crippen MR) is 114 cm³/mol. The molecule has 152 valence electrons. The Kier molecular flexibility index (Phi) is 5.37. The van der Waals surface area contributed by atoms with E-state index >= 15 is 0 Å². The van der Waals surface area contributed by atoms with Gasteiger partial charge in [-0.3, -0.25) is 4.79 Å². The molecule has 2 heterocycles. The smallest absolute Gasteiger partial charge is 0.339 e. The maximum Gasteiger partial charge on any atom is 0.339 e. The van der Waals surface area contributed by atoms with Crippen LogP contribution in [0.4, 0.5) is 0 Å². The van der Waals surface area contributed by atoms with Crippen LogP contribution in [0.15, 0.2) is 24.4 Å². The number of pyridine rings is 1. The molecular weight excluding hydrogens is 366 g/mol. The van der Waals surface area contributed by atoms with Crippen molar-refractivity contribution in [3.05, 3.63) is 41.1 Å². The number of hydrogen-bond donors (Lipinski definition) is 0. The Hall–Kier alpha value is -2.73. The summed E-state index contributed by atoms with van der Waals surface area (Å²) in [6.07, 6.45) is 2.88. The zero-order valence-electron chi connectivity index (χ0n) is 17.3. The molecule has 0 aliphatic heterocycles. The summed E-state index contributed by atoms with van der Waals surface area (Å²) >= 11 is 0. The van der Waals surface area contributed by atoms with E-state index in [2.05, 4.69) is 28.3 Å². The molecule has 4 rings (SSSR count). The molecule has 0 saturated carbocycles. The number of carbonyl (C=O) groups is 2. The fourth-order valence-corrected chi connectivity index (χ4v) is 4.36. The molecule has 0 saturated heterocycles. The predicted octanol–water partition coefficient (Wildman–Crippen LogP) is 3.84. The zero-order valence-corrected chi connectivity index (χ0v) is 17.3. The second-order valence-corrected chi connectivity index (χ2v) is 7.40. The van der Waals surface area contributed by atoms with E-state index in [0.29, 0.717) is 18.6 Å². The van der Waals surface area contributed by atoms with Crippen LogP contribution < -0.4 is 0 Å². The van der Waals surface area contributed by atoms with E-state index in [9.17, 15) is 9.59 Å². The molecule has 1 aliphatic carbocycles. The van der Waals surface area contributed by atoms with E-state index in [1.165, 1.54) is 0 Å². The minimum absolute atomic E-state index is 0.195. The Morgan fingerprint density at radius 2 is 2.00 bits per heavy atom. The van der Waals surface area contributed by atoms with Crippen molar-refractivity contribution >= 4 is 33.7 Å². The van der Waals surface area contributed by atoms with Gasteiger partial charge in [0.25, 0.3) is 0 Å². The molecule has 2 aromatic heterocycles. The number of esters is 1. The van der Waals surface area contributed by atoms with Gasteiger partial charge in [-0.15, -0.1) is 0 Å². The molecule has 0 atom stereocenters. The zero-order chi connectivity index (χ0) is 20.5. The minimum Gasteiger partial charge on any atom is -0.462 e. The number of ether oxygens (including phenoxy) is 1. The maximum atomic E-state index is 12.3. The lowest BCUT2D eigenvalue weighted by molar-refractivity contribution is 0.0526. The molecule has 1 aliphatic rings. The van der Waals surface area contributed by atoms with Gasteiger partial charge >= 0.3 is 5.97 Å². The number of benzene rings is 1. The van der Waals surface area contributed by atoms with Crippen molar-refractivity contribution in [2.75, 3.05) is 26.2 Å². The van der Waals surface area contributed by atoms with Gasteiger partial charge in [0.1, 0.15) is 5.65 Å². The molecular formula is C23H27N3O3. The third kappa shape index (κ3) is 3.31. The van der Waals surface area contributed by atoms with Crippen molar-refractivity contribution in [3.8, 4) is 0 Å². The number of nitrogens with zero attached hydrogens (tertiary/aromatic N) is 3. The van der Waals surface area contributed by atoms with Gasteiger partial charge in [-0.05, 0) is 50.2 Å². The summed E-state index contributed by atoms with van der Waals surface area (Å²) in [4.78, 5) is 31.6. The van der Waals surface area contributed by atoms with Crippen molar-refractivity contribution in [3.63, 3.8) is 0 Å². The first-order valence-corrected chi connectivity index (χ1v) is 10.5. The minimum atomic E-state index is -0.366. The van der Waals surface area contributed by atoms with Crippen LogP contribution in [-0.4, -0.2) is 52.4 Å². The van der Waals surface area contributed by atoms with E-state index in [0.717, 1.165) is 65.7 Å². The molecule has 0 bridgehead atoms. The van der Waals surface area contributed by atoms with Gasteiger partial charge < -0.3 is 14.2 Å². The second kappa shape index (κ2) is 7.95.